The van der Waals surface area contributed by atoms with E-state index in [9.17, 15) is 4.79 Å². The van der Waals surface area contributed by atoms with Gasteiger partial charge in [-0.1, -0.05) is 205 Å². The van der Waals surface area contributed by atoms with Crippen LogP contribution in [0.4, 0.5) is 4.79 Å². The average molecular weight is 685 g/mol. The van der Waals surface area contributed by atoms with Crippen molar-refractivity contribution in [2.75, 3.05) is 13.1 Å². The van der Waals surface area contributed by atoms with Gasteiger partial charge in [0.15, 0.2) is 0 Å². The Morgan fingerprint density at radius 3 is 0.857 bits per heavy atom. The summed E-state index contributed by atoms with van der Waals surface area (Å²) < 4.78 is 0. The molecule has 0 unspecified atom stereocenters. The van der Waals surface area contributed by atoms with E-state index in [4.69, 9.17) is 0 Å². The predicted molar refractivity (Wildman–Crippen MR) is 222 cm³/mol. The number of amides is 2. The largest absolute Gasteiger partial charge is 0.342 e. The molecule has 0 aromatic carbocycles. The topological polar surface area (TPSA) is 32.7 Å². The summed E-state index contributed by atoms with van der Waals surface area (Å²) in [6.45, 7) is 9.77. The van der Waals surface area contributed by atoms with E-state index in [0.29, 0.717) is 0 Å². The fourth-order valence-corrected chi connectivity index (χ4v) is 6.92. The van der Waals surface area contributed by atoms with E-state index in [1.54, 1.807) is 0 Å². The molecule has 0 rings (SSSR count). The first-order chi connectivity index (χ1) is 24.3. The second-order valence-corrected chi connectivity index (χ2v) is 15.1. The number of rotatable bonds is 40. The lowest BCUT2D eigenvalue weighted by atomic mass is 10.0. The maximum absolute atomic E-state index is 12.3. The van der Waals surface area contributed by atoms with Crippen molar-refractivity contribution >= 4 is 12.7 Å². The van der Waals surface area contributed by atoms with Crippen molar-refractivity contribution in [3.05, 3.63) is 24.3 Å². The van der Waals surface area contributed by atoms with Gasteiger partial charge in [0.2, 0.25) is 0 Å². The summed E-state index contributed by atoms with van der Waals surface area (Å²) in [5, 5.41) is 0. The van der Waals surface area contributed by atoms with Crippen molar-refractivity contribution in [3.63, 3.8) is 0 Å². The Labute approximate surface area is 309 Å². The Morgan fingerprint density at radius 2 is 0.612 bits per heavy atom. The fraction of sp³-hybridized carbons (Fsp3) is 0.870. The highest BCUT2D eigenvalue weighted by Gasteiger charge is 2.10. The Hall–Kier alpha value is -1.38. The second-order valence-electron chi connectivity index (χ2n) is 15.1. The molecule has 0 aromatic heterocycles. The number of urea groups is 1. The molecule has 0 bridgehead atoms. The molecule has 0 aliphatic carbocycles. The van der Waals surface area contributed by atoms with E-state index in [0.717, 1.165) is 25.9 Å². The number of carbonyl (C=O) groups is 1. The van der Waals surface area contributed by atoms with Crippen LogP contribution >= 0.6 is 0 Å². The third-order valence-corrected chi connectivity index (χ3v) is 10.3. The number of aliphatic imine (C=N–C) groups is 1. The van der Waals surface area contributed by atoms with Crippen LogP contribution in [-0.4, -0.2) is 30.7 Å². The van der Waals surface area contributed by atoms with Gasteiger partial charge in [-0.15, -0.1) is 0 Å². The Balaban J connectivity index is 3.50. The third-order valence-electron chi connectivity index (χ3n) is 10.3. The Kier molecular flexibility index (Phi) is 41.6. The average Bonchev–Trinajstić information content (AvgIpc) is 3.11. The molecular formula is C46H88N2O. The van der Waals surface area contributed by atoms with E-state index < -0.39 is 0 Å². The molecule has 2 amide bonds. The molecule has 0 saturated heterocycles. The summed E-state index contributed by atoms with van der Waals surface area (Å²) >= 11 is 0. The Morgan fingerprint density at radius 1 is 0.388 bits per heavy atom. The van der Waals surface area contributed by atoms with Crippen molar-refractivity contribution in [2.24, 2.45) is 4.99 Å². The molecule has 3 nitrogen and oxygen atoms in total. The van der Waals surface area contributed by atoms with Crippen LogP contribution in [-0.2, 0) is 0 Å². The number of nitrogens with zero attached hydrogens (tertiary/aromatic N) is 2. The number of hydrogen-bond acceptors (Lipinski definition) is 1. The lowest BCUT2D eigenvalue weighted by molar-refractivity contribution is 0.205. The predicted octanol–water partition coefficient (Wildman–Crippen LogP) is 16.3. The highest BCUT2D eigenvalue weighted by molar-refractivity contribution is 5.78. The molecule has 3 heteroatoms. The standard InChI is InChI=1S/C46H88N2O/c1-4-6-8-10-12-14-16-18-20-22-24-26-28-30-32-34-36-38-40-42-44-48(46(49)47-3)45-43-41-39-37-35-33-31-29-27-25-23-21-19-17-15-13-11-9-7-5-2/h18-21H,3-17,22-45H2,1-2H3/b20-18-,21-19-. The zero-order valence-electron chi connectivity index (χ0n) is 33.7. The van der Waals surface area contributed by atoms with Gasteiger partial charge in [0, 0.05) is 13.1 Å². The number of unbranched alkanes of at least 4 members (excludes halogenated alkanes) is 32. The van der Waals surface area contributed by atoms with Crippen molar-refractivity contribution in [1.29, 1.82) is 0 Å². The third kappa shape index (κ3) is 39.3. The van der Waals surface area contributed by atoms with Crippen LogP contribution in [0.25, 0.3) is 0 Å². The van der Waals surface area contributed by atoms with Gasteiger partial charge in [-0.25, -0.2) is 9.79 Å². The smallest absolute Gasteiger partial charge is 0.323 e. The van der Waals surface area contributed by atoms with Crippen LogP contribution in [0.3, 0.4) is 0 Å². The van der Waals surface area contributed by atoms with Crippen molar-refractivity contribution < 1.29 is 4.79 Å². The van der Waals surface area contributed by atoms with E-state index in [-0.39, 0.29) is 6.03 Å². The molecule has 0 saturated carbocycles. The van der Waals surface area contributed by atoms with Gasteiger partial charge in [0.05, 0.1) is 0 Å². The molecule has 0 N–H and O–H groups in total. The molecule has 288 valence electrons. The van der Waals surface area contributed by atoms with Crippen LogP contribution in [0.15, 0.2) is 29.3 Å². The van der Waals surface area contributed by atoms with E-state index in [1.165, 1.54) is 218 Å². The van der Waals surface area contributed by atoms with Crippen LogP contribution < -0.4 is 0 Å². The van der Waals surface area contributed by atoms with E-state index in [2.05, 4.69) is 49.9 Å². The molecule has 0 radical (unpaired) electrons. The first-order valence-corrected chi connectivity index (χ1v) is 22.3. The molecule has 0 aliphatic rings. The summed E-state index contributed by atoms with van der Waals surface area (Å²) in [6, 6.07) is -0.124. The summed E-state index contributed by atoms with van der Waals surface area (Å²) in [5.74, 6) is 0. The molecule has 0 fully saturated rings. The number of allylic oxidation sites excluding steroid dienone is 4. The second kappa shape index (κ2) is 42.8. The van der Waals surface area contributed by atoms with Crippen molar-refractivity contribution in [1.82, 2.24) is 4.90 Å². The first kappa shape index (κ1) is 47.6. The number of hydrogen-bond donors (Lipinski definition) is 0. The zero-order valence-corrected chi connectivity index (χ0v) is 33.7. The maximum Gasteiger partial charge on any atom is 0.342 e. The fourth-order valence-electron chi connectivity index (χ4n) is 6.92. The van der Waals surface area contributed by atoms with Gasteiger partial charge >= 0.3 is 6.03 Å². The quantitative estimate of drug-likeness (QED) is 0.0359. The maximum atomic E-state index is 12.3. The van der Waals surface area contributed by atoms with Crippen LogP contribution in [0.2, 0.25) is 0 Å². The minimum atomic E-state index is -0.124. The molecule has 0 spiro atoms. The van der Waals surface area contributed by atoms with Crippen molar-refractivity contribution in [3.8, 4) is 0 Å². The van der Waals surface area contributed by atoms with Crippen LogP contribution in [0, 0.1) is 0 Å². The SMILES string of the molecule is C=NC(=O)N(CCCCCCCCCCCC/C=C\CCCCCCCC)CCCCCCCCCCCC/C=C\CCCCCCCC. The molecule has 0 aromatic rings. The monoisotopic (exact) mass is 685 g/mol. The number of carbonyl (C=O) groups excluding carboxylic acids is 1. The lowest BCUT2D eigenvalue weighted by Gasteiger charge is -2.20. The zero-order chi connectivity index (χ0) is 35.6. The van der Waals surface area contributed by atoms with Crippen LogP contribution in [0.5, 0.6) is 0 Å². The highest BCUT2D eigenvalue weighted by Crippen LogP contribution is 2.15. The summed E-state index contributed by atoms with van der Waals surface area (Å²) in [5.41, 5.74) is 0. The minimum Gasteiger partial charge on any atom is -0.323 e. The van der Waals surface area contributed by atoms with Gasteiger partial charge in [-0.2, -0.15) is 0 Å². The molecule has 0 atom stereocenters. The van der Waals surface area contributed by atoms with E-state index >= 15 is 0 Å². The van der Waals surface area contributed by atoms with Crippen LogP contribution in [0.1, 0.15) is 245 Å². The van der Waals surface area contributed by atoms with E-state index in [1.807, 2.05) is 4.90 Å². The summed E-state index contributed by atoms with van der Waals surface area (Å²) in [6.07, 6.45) is 58.1. The molecule has 49 heavy (non-hydrogen) atoms. The van der Waals surface area contributed by atoms with Gasteiger partial charge in [0.1, 0.15) is 0 Å². The van der Waals surface area contributed by atoms with Gasteiger partial charge < -0.3 is 4.90 Å². The summed E-state index contributed by atoms with van der Waals surface area (Å²) in [4.78, 5) is 17.9. The van der Waals surface area contributed by atoms with Gasteiger partial charge in [-0.3, -0.25) is 0 Å². The van der Waals surface area contributed by atoms with Crippen molar-refractivity contribution in [2.45, 2.75) is 245 Å². The highest BCUT2D eigenvalue weighted by atomic mass is 16.2. The Bertz CT molecular complexity index is 664. The summed E-state index contributed by atoms with van der Waals surface area (Å²) in [7, 11) is 0. The van der Waals surface area contributed by atoms with Gasteiger partial charge in [0.25, 0.3) is 0 Å². The normalized spacial score (nSPS) is 11.7. The molecule has 0 aliphatic heterocycles. The lowest BCUT2D eigenvalue weighted by Crippen LogP contribution is -2.30. The minimum absolute atomic E-state index is 0.124. The molecular weight excluding hydrogens is 597 g/mol. The van der Waals surface area contributed by atoms with Gasteiger partial charge in [-0.05, 0) is 70.9 Å². The first-order valence-electron chi connectivity index (χ1n) is 22.3. The molecule has 0 heterocycles.